The molecular weight excluding hydrogens is 271 g/mol. The number of nitrogens with one attached hydrogen (secondary N) is 1. The molecule has 0 bridgehead atoms. The summed E-state index contributed by atoms with van der Waals surface area (Å²) in [5, 5.41) is 3.46. The largest absolute Gasteiger partial charge is 0.391 e. The molecule has 1 atom stereocenters. The van der Waals surface area contributed by atoms with Crippen molar-refractivity contribution in [3.63, 3.8) is 0 Å². The molecule has 1 aromatic rings. The molecule has 1 nitrogen and oxygen atoms in total. The minimum Gasteiger partial charge on any atom is -0.307 e. The molecule has 0 radical (unpaired) electrons. The Kier molecular flexibility index (Phi) is 4.56. The van der Waals surface area contributed by atoms with Crippen LogP contribution in [0.3, 0.4) is 0 Å². The molecule has 19 heavy (non-hydrogen) atoms. The van der Waals surface area contributed by atoms with Gasteiger partial charge in [0.25, 0.3) is 0 Å². The Labute approximate surface area is 116 Å². The molecule has 1 aliphatic carbocycles. The van der Waals surface area contributed by atoms with Gasteiger partial charge in [-0.05, 0) is 51.7 Å². The quantitative estimate of drug-likeness (QED) is 0.841. The van der Waals surface area contributed by atoms with Crippen LogP contribution < -0.4 is 5.32 Å². The van der Waals surface area contributed by atoms with Crippen LogP contribution in [0.5, 0.6) is 0 Å². The van der Waals surface area contributed by atoms with E-state index in [2.05, 4.69) is 31.3 Å². The first-order valence-corrected chi connectivity index (χ1v) is 7.57. The van der Waals surface area contributed by atoms with Crippen molar-refractivity contribution in [3.05, 3.63) is 21.9 Å². The van der Waals surface area contributed by atoms with E-state index in [4.69, 9.17) is 0 Å². The number of halogens is 3. The molecule has 1 saturated carbocycles. The fourth-order valence-corrected chi connectivity index (χ4v) is 3.60. The van der Waals surface area contributed by atoms with Gasteiger partial charge in [0.1, 0.15) is 0 Å². The SMILES string of the molecule is Cc1ccc(C(C)NC2CCC(C(F)(F)F)CC2)s1. The van der Waals surface area contributed by atoms with E-state index in [9.17, 15) is 13.2 Å². The van der Waals surface area contributed by atoms with Crippen molar-refractivity contribution in [2.75, 3.05) is 0 Å². The fourth-order valence-electron chi connectivity index (χ4n) is 2.71. The minimum absolute atomic E-state index is 0.219. The fraction of sp³-hybridized carbons (Fsp3) is 0.714. The summed E-state index contributed by atoms with van der Waals surface area (Å²) in [5.41, 5.74) is 0. The smallest absolute Gasteiger partial charge is 0.307 e. The Morgan fingerprint density at radius 3 is 2.32 bits per heavy atom. The third-order valence-corrected chi connectivity index (χ3v) is 5.05. The van der Waals surface area contributed by atoms with Crippen LogP contribution in [0, 0.1) is 12.8 Å². The molecule has 108 valence electrons. The van der Waals surface area contributed by atoms with Gasteiger partial charge in [-0.1, -0.05) is 0 Å². The molecule has 2 rings (SSSR count). The van der Waals surface area contributed by atoms with Crippen LogP contribution in [-0.2, 0) is 0 Å². The van der Waals surface area contributed by atoms with E-state index in [-0.39, 0.29) is 24.9 Å². The molecule has 0 aromatic carbocycles. The van der Waals surface area contributed by atoms with Crippen molar-refractivity contribution in [2.24, 2.45) is 5.92 Å². The number of aryl methyl sites for hydroxylation is 1. The summed E-state index contributed by atoms with van der Waals surface area (Å²) in [6.45, 7) is 4.15. The first-order valence-electron chi connectivity index (χ1n) is 6.75. The highest BCUT2D eigenvalue weighted by Crippen LogP contribution is 2.38. The van der Waals surface area contributed by atoms with Gasteiger partial charge in [0, 0.05) is 21.8 Å². The van der Waals surface area contributed by atoms with Crippen molar-refractivity contribution in [3.8, 4) is 0 Å². The van der Waals surface area contributed by atoms with Gasteiger partial charge in [0.15, 0.2) is 0 Å². The van der Waals surface area contributed by atoms with Crippen LogP contribution in [0.2, 0.25) is 0 Å². The number of rotatable bonds is 3. The molecule has 0 aliphatic heterocycles. The summed E-state index contributed by atoms with van der Waals surface area (Å²) in [7, 11) is 0. The van der Waals surface area contributed by atoms with E-state index < -0.39 is 12.1 Å². The third-order valence-electron chi connectivity index (χ3n) is 3.86. The van der Waals surface area contributed by atoms with Crippen LogP contribution in [-0.4, -0.2) is 12.2 Å². The van der Waals surface area contributed by atoms with E-state index in [0.29, 0.717) is 12.8 Å². The molecule has 0 spiro atoms. The lowest BCUT2D eigenvalue weighted by Gasteiger charge is -2.32. The molecule has 1 N–H and O–H groups in total. The summed E-state index contributed by atoms with van der Waals surface area (Å²) in [5.74, 6) is -1.09. The Balaban J connectivity index is 1.82. The van der Waals surface area contributed by atoms with Gasteiger partial charge in [0.05, 0.1) is 5.92 Å². The molecule has 1 aromatic heterocycles. The van der Waals surface area contributed by atoms with Crippen LogP contribution in [0.25, 0.3) is 0 Å². The van der Waals surface area contributed by atoms with Gasteiger partial charge < -0.3 is 5.32 Å². The van der Waals surface area contributed by atoms with Gasteiger partial charge in [0.2, 0.25) is 0 Å². The van der Waals surface area contributed by atoms with Crippen molar-refractivity contribution in [2.45, 2.75) is 57.8 Å². The van der Waals surface area contributed by atoms with E-state index in [1.54, 1.807) is 11.3 Å². The molecule has 1 heterocycles. The maximum Gasteiger partial charge on any atom is 0.391 e. The molecule has 1 aliphatic rings. The highest BCUT2D eigenvalue weighted by molar-refractivity contribution is 7.12. The predicted molar refractivity (Wildman–Crippen MR) is 72.4 cm³/mol. The third kappa shape index (κ3) is 3.96. The van der Waals surface area contributed by atoms with Gasteiger partial charge >= 0.3 is 6.18 Å². The van der Waals surface area contributed by atoms with Gasteiger partial charge in [-0.15, -0.1) is 11.3 Å². The zero-order chi connectivity index (χ0) is 14.0. The second-order valence-corrected chi connectivity index (χ2v) is 6.75. The summed E-state index contributed by atoms with van der Waals surface area (Å²) >= 11 is 1.75. The van der Waals surface area contributed by atoms with Crippen molar-refractivity contribution < 1.29 is 13.2 Å². The lowest BCUT2D eigenvalue weighted by molar-refractivity contribution is -0.182. The Morgan fingerprint density at radius 2 is 1.84 bits per heavy atom. The van der Waals surface area contributed by atoms with Crippen LogP contribution in [0.4, 0.5) is 13.2 Å². The van der Waals surface area contributed by atoms with Gasteiger partial charge in [-0.25, -0.2) is 0 Å². The Morgan fingerprint density at radius 1 is 1.21 bits per heavy atom. The average molecular weight is 291 g/mol. The summed E-state index contributed by atoms with van der Waals surface area (Å²) in [4.78, 5) is 2.53. The number of alkyl halides is 3. The van der Waals surface area contributed by atoms with Crippen LogP contribution in [0.1, 0.15) is 48.4 Å². The Hall–Kier alpha value is -0.550. The normalized spacial score (nSPS) is 26.4. The highest BCUT2D eigenvalue weighted by atomic mass is 32.1. The average Bonchev–Trinajstić information content (AvgIpc) is 2.75. The second kappa shape index (κ2) is 5.83. The maximum absolute atomic E-state index is 12.6. The molecule has 1 unspecified atom stereocenters. The monoisotopic (exact) mass is 291 g/mol. The molecule has 0 saturated heterocycles. The first-order chi connectivity index (χ1) is 8.86. The molecule has 0 amide bonds. The van der Waals surface area contributed by atoms with E-state index in [1.807, 2.05) is 0 Å². The Bertz CT molecular complexity index is 405. The highest BCUT2D eigenvalue weighted by Gasteiger charge is 2.41. The summed E-state index contributed by atoms with van der Waals surface area (Å²) < 4.78 is 37.7. The lowest BCUT2D eigenvalue weighted by Crippen LogP contribution is -2.37. The lowest BCUT2D eigenvalue weighted by atomic mass is 9.85. The van der Waals surface area contributed by atoms with Crippen LogP contribution in [0.15, 0.2) is 12.1 Å². The first kappa shape index (κ1) is 14.9. The maximum atomic E-state index is 12.6. The van der Waals surface area contributed by atoms with Crippen molar-refractivity contribution in [1.29, 1.82) is 0 Å². The van der Waals surface area contributed by atoms with E-state index in [1.165, 1.54) is 9.75 Å². The summed E-state index contributed by atoms with van der Waals surface area (Å²) in [6, 6.07) is 4.62. The van der Waals surface area contributed by atoms with Crippen molar-refractivity contribution in [1.82, 2.24) is 5.32 Å². The predicted octanol–water partition coefficient (Wildman–Crippen LogP) is 4.83. The van der Waals surface area contributed by atoms with Gasteiger partial charge in [-0.2, -0.15) is 13.2 Å². The van der Waals surface area contributed by atoms with Gasteiger partial charge in [-0.3, -0.25) is 0 Å². The zero-order valence-electron chi connectivity index (χ0n) is 11.3. The minimum atomic E-state index is -4.01. The van der Waals surface area contributed by atoms with Crippen LogP contribution >= 0.6 is 11.3 Å². The topological polar surface area (TPSA) is 12.0 Å². The summed E-state index contributed by atoms with van der Waals surface area (Å²) in [6.07, 6.45) is -2.24. The molecule has 5 heteroatoms. The molecular formula is C14H20F3NS. The standard InChI is InChI=1S/C14H20F3NS/c1-9-3-8-13(19-9)10(2)18-12-6-4-11(5-7-12)14(15,16)17/h3,8,10-12,18H,4-7H2,1-2H3. The van der Waals surface area contributed by atoms with Crippen molar-refractivity contribution >= 4 is 11.3 Å². The number of hydrogen-bond acceptors (Lipinski definition) is 2. The van der Waals surface area contributed by atoms with E-state index >= 15 is 0 Å². The molecule has 1 fully saturated rings. The second-order valence-electron chi connectivity index (χ2n) is 5.43. The number of hydrogen-bond donors (Lipinski definition) is 1. The van der Waals surface area contributed by atoms with E-state index in [0.717, 1.165) is 0 Å². The number of thiophene rings is 1. The zero-order valence-corrected chi connectivity index (χ0v) is 12.1.